The Morgan fingerprint density at radius 1 is 1.14 bits per heavy atom. The van der Waals surface area contributed by atoms with Crippen LogP contribution in [0, 0.1) is 6.92 Å². The van der Waals surface area contributed by atoms with Crippen molar-refractivity contribution in [3.63, 3.8) is 0 Å². The lowest BCUT2D eigenvalue weighted by Crippen LogP contribution is -2.41. The lowest BCUT2D eigenvalue weighted by Gasteiger charge is -2.08. The maximum absolute atomic E-state index is 12.5. The summed E-state index contributed by atoms with van der Waals surface area (Å²) >= 11 is 1.49. The Bertz CT molecular complexity index is 1220. The first-order valence-corrected chi connectivity index (χ1v) is 10.8. The van der Waals surface area contributed by atoms with Crippen LogP contribution in [0.25, 0.3) is 10.6 Å². The van der Waals surface area contributed by atoms with Gasteiger partial charge in [-0.3, -0.25) is 9.36 Å². The quantitative estimate of drug-likeness (QED) is 0.642. The first-order valence-electron chi connectivity index (χ1n) is 8.47. The van der Waals surface area contributed by atoms with Crippen LogP contribution < -0.4 is 16.0 Å². The molecular weight excluding hydrogens is 400 g/mol. The number of aryl methyl sites for hydroxylation is 2. The molecule has 0 aliphatic rings. The maximum Gasteiger partial charge on any atom is 0.330 e. The maximum atomic E-state index is 12.5. The van der Waals surface area contributed by atoms with E-state index < -0.39 is 26.2 Å². The van der Waals surface area contributed by atoms with Gasteiger partial charge in [0.15, 0.2) is 4.90 Å². The van der Waals surface area contributed by atoms with E-state index in [0.29, 0.717) is 6.42 Å². The van der Waals surface area contributed by atoms with Crippen LogP contribution in [0.4, 0.5) is 0 Å². The smallest absolute Gasteiger partial charge is 0.302 e. The van der Waals surface area contributed by atoms with Crippen molar-refractivity contribution in [3.8, 4) is 10.6 Å². The third-order valence-electron chi connectivity index (χ3n) is 4.23. The van der Waals surface area contributed by atoms with Crippen LogP contribution in [0.15, 0.2) is 50.3 Å². The zero-order valence-corrected chi connectivity index (χ0v) is 17.3. The Balaban J connectivity index is 1.71. The number of aromatic nitrogens is 3. The van der Waals surface area contributed by atoms with E-state index in [1.807, 2.05) is 36.6 Å². The Labute approximate surface area is 166 Å². The molecule has 0 unspecified atom stereocenters. The number of hydrogen-bond donors (Lipinski definition) is 1. The summed E-state index contributed by atoms with van der Waals surface area (Å²) in [6, 6.07) is 8.02. The molecule has 2 heterocycles. The fourth-order valence-corrected chi connectivity index (χ4v) is 4.65. The van der Waals surface area contributed by atoms with Crippen LogP contribution in [0.2, 0.25) is 0 Å². The molecule has 0 saturated heterocycles. The molecule has 1 N–H and O–H groups in total. The molecule has 28 heavy (non-hydrogen) atoms. The monoisotopic (exact) mass is 420 g/mol. The molecule has 0 aliphatic heterocycles. The van der Waals surface area contributed by atoms with Crippen LogP contribution >= 0.6 is 11.3 Å². The Kier molecular flexibility index (Phi) is 5.64. The molecule has 148 valence electrons. The summed E-state index contributed by atoms with van der Waals surface area (Å²) in [6.45, 7) is 2.10. The minimum Gasteiger partial charge on any atom is -0.302 e. The number of sulfonamides is 1. The van der Waals surface area contributed by atoms with Gasteiger partial charge in [0.2, 0.25) is 10.0 Å². The Hall–Kier alpha value is -2.56. The van der Waals surface area contributed by atoms with Gasteiger partial charge < -0.3 is 4.57 Å². The lowest BCUT2D eigenvalue weighted by molar-refractivity contribution is 0.571. The molecule has 0 atom stereocenters. The third-order valence-corrected chi connectivity index (χ3v) is 6.61. The summed E-state index contributed by atoms with van der Waals surface area (Å²) in [5.41, 5.74) is 1.49. The Morgan fingerprint density at radius 3 is 2.50 bits per heavy atom. The molecule has 3 aromatic rings. The average molecular weight is 421 g/mol. The number of benzene rings is 1. The summed E-state index contributed by atoms with van der Waals surface area (Å²) in [4.78, 5) is 27.9. The fraction of sp³-hybridized carbons (Fsp3) is 0.278. The van der Waals surface area contributed by atoms with Gasteiger partial charge in [0, 0.05) is 44.2 Å². The second kappa shape index (κ2) is 7.82. The normalized spacial score (nSPS) is 11.7. The van der Waals surface area contributed by atoms with E-state index in [4.69, 9.17) is 0 Å². The van der Waals surface area contributed by atoms with Gasteiger partial charge in [-0.05, 0) is 6.92 Å². The standard InChI is InChI=1S/C18H20N4O4S2/c1-12-4-6-13(7-5-12)16-20-14(11-27-16)8-9-19-28(25,26)15-10-21(2)18(24)22(3)17(15)23/h4-7,10-11,19H,8-9H2,1-3H3. The van der Waals surface area contributed by atoms with Gasteiger partial charge in [0.05, 0.1) is 5.69 Å². The van der Waals surface area contributed by atoms with Crippen LogP contribution in [0.5, 0.6) is 0 Å². The number of thiazole rings is 1. The highest BCUT2D eigenvalue weighted by Crippen LogP contribution is 2.24. The highest BCUT2D eigenvalue weighted by molar-refractivity contribution is 7.89. The highest BCUT2D eigenvalue weighted by Gasteiger charge is 2.21. The summed E-state index contributed by atoms with van der Waals surface area (Å²) in [6.07, 6.45) is 1.42. The first-order chi connectivity index (χ1) is 13.2. The van der Waals surface area contributed by atoms with Crippen molar-refractivity contribution in [2.45, 2.75) is 18.2 Å². The molecule has 0 amide bonds. The van der Waals surface area contributed by atoms with E-state index in [2.05, 4.69) is 9.71 Å². The number of hydrogen-bond acceptors (Lipinski definition) is 6. The van der Waals surface area contributed by atoms with Gasteiger partial charge in [-0.15, -0.1) is 11.3 Å². The fourth-order valence-electron chi connectivity index (χ4n) is 2.60. The SMILES string of the molecule is Cc1ccc(-c2nc(CCNS(=O)(=O)c3cn(C)c(=O)n(C)c3=O)cs2)cc1. The highest BCUT2D eigenvalue weighted by atomic mass is 32.2. The second-order valence-corrected chi connectivity index (χ2v) is 9.00. The number of nitrogens with one attached hydrogen (secondary N) is 1. The predicted molar refractivity (Wildman–Crippen MR) is 108 cm³/mol. The van der Waals surface area contributed by atoms with Gasteiger partial charge in [0.1, 0.15) is 5.01 Å². The molecule has 8 nitrogen and oxygen atoms in total. The molecule has 0 aliphatic carbocycles. The summed E-state index contributed by atoms with van der Waals surface area (Å²) in [5, 5.41) is 2.75. The van der Waals surface area contributed by atoms with Crippen LogP contribution in [-0.2, 0) is 30.5 Å². The first kappa shape index (κ1) is 20.2. The summed E-state index contributed by atoms with van der Waals surface area (Å²) in [5.74, 6) is 0. The molecule has 3 rings (SSSR count). The van der Waals surface area contributed by atoms with Crippen molar-refractivity contribution in [2.24, 2.45) is 14.1 Å². The van der Waals surface area contributed by atoms with Gasteiger partial charge in [-0.1, -0.05) is 29.8 Å². The van der Waals surface area contributed by atoms with Gasteiger partial charge >= 0.3 is 5.69 Å². The van der Waals surface area contributed by atoms with E-state index in [0.717, 1.165) is 31.6 Å². The van der Waals surface area contributed by atoms with E-state index in [1.165, 1.54) is 31.0 Å². The van der Waals surface area contributed by atoms with E-state index in [-0.39, 0.29) is 6.54 Å². The minimum absolute atomic E-state index is 0.0887. The van der Waals surface area contributed by atoms with Crippen molar-refractivity contribution < 1.29 is 8.42 Å². The van der Waals surface area contributed by atoms with E-state index >= 15 is 0 Å². The molecule has 0 saturated carbocycles. The topological polar surface area (TPSA) is 103 Å². The molecule has 1 aromatic carbocycles. The van der Waals surface area contributed by atoms with Crippen molar-refractivity contribution in [3.05, 3.63) is 67.9 Å². The number of nitrogens with zero attached hydrogens (tertiary/aromatic N) is 3. The van der Waals surface area contributed by atoms with Gasteiger partial charge in [0.25, 0.3) is 5.56 Å². The molecule has 10 heteroatoms. The van der Waals surface area contributed by atoms with Crippen LogP contribution in [0.3, 0.4) is 0 Å². The van der Waals surface area contributed by atoms with Gasteiger partial charge in [-0.25, -0.2) is 22.9 Å². The average Bonchev–Trinajstić information content (AvgIpc) is 3.12. The lowest BCUT2D eigenvalue weighted by atomic mass is 10.2. The van der Waals surface area contributed by atoms with Crippen LogP contribution in [0.1, 0.15) is 11.3 Å². The summed E-state index contributed by atoms with van der Waals surface area (Å²) < 4.78 is 29.1. The van der Waals surface area contributed by atoms with Crippen molar-refractivity contribution >= 4 is 21.4 Å². The van der Waals surface area contributed by atoms with Crippen LogP contribution in [-0.4, -0.2) is 29.1 Å². The minimum atomic E-state index is -4.04. The molecule has 0 fully saturated rings. The number of rotatable bonds is 6. The van der Waals surface area contributed by atoms with Crippen molar-refractivity contribution in [1.29, 1.82) is 0 Å². The van der Waals surface area contributed by atoms with Crippen molar-refractivity contribution in [2.75, 3.05) is 6.54 Å². The molecule has 0 spiro atoms. The predicted octanol–water partition coefficient (Wildman–Crippen LogP) is 1.04. The molecule has 0 bridgehead atoms. The van der Waals surface area contributed by atoms with Gasteiger partial charge in [-0.2, -0.15) is 0 Å². The summed E-state index contributed by atoms with van der Waals surface area (Å²) in [7, 11) is -1.41. The molecule has 2 aromatic heterocycles. The molecular formula is C18H20N4O4S2. The molecule has 0 radical (unpaired) electrons. The zero-order chi connectivity index (χ0) is 20.5. The van der Waals surface area contributed by atoms with E-state index in [1.54, 1.807) is 0 Å². The Morgan fingerprint density at radius 2 is 1.82 bits per heavy atom. The second-order valence-electron chi connectivity index (χ2n) is 6.41. The third kappa shape index (κ3) is 4.13. The largest absolute Gasteiger partial charge is 0.330 e. The van der Waals surface area contributed by atoms with Crippen molar-refractivity contribution in [1.82, 2.24) is 18.8 Å². The van der Waals surface area contributed by atoms with E-state index in [9.17, 15) is 18.0 Å². The zero-order valence-electron chi connectivity index (χ0n) is 15.7.